The van der Waals surface area contributed by atoms with Gasteiger partial charge in [0.15, 0.2) is 0 Å². The normalized spacial score (nSPS) is 24.6. The Morgan fingerprint density at radius 1 is 1.38 bits per heavy atom. The maximum absolute atomic E-state index is 5.34. The SMILES string of the molecule is CCCC1CN(C(CCC)COC)CCN1. The van der Waals surface area contributed by atoms with Gasteiger partial charge in [-0.3, -0.25) is 4.90 Å². The van der Waals surface area contributed by atoms with Crippen molar-refractivity contribution < 1.29 is 4.74 Å². The van der Waals surface area contributed by atoms with Crippen molar-refractivity contribution in [2.75, 3.05) is 33.4 Å². The molecule has 0 saturated carbocycles. The first kappa shape index (κ1) is 13.9. The molecule has 1 saturated heterocycles. The summed E-state index contributed by atoms with van der Waals surface area (Å²) in [7, 11) is 1.81. The third-order valence-corrected chi connectivity index (χ3v) is 3.42. The van der Waals surface area contributed by atoms with Crippen molar-refractivity contribution in [2.24, 2.45) is 0 Å². The number of methoxy groups -OCH3 is 1. The minimum absolute atomic E-state index is 0.622. The van der Waals surface area contributed by atoms with Gasteiger partial charge in [-0.05, 0) is 12.8 Å². The minimum Gasteiger partial charge on any atom is -0.383 e. The monoisotopic (exact) mass is 228 g/mol. The van der Waals surface area contributed by atoms with E-state index in [1.807, 2.05) is 7.11 Å². The number of rotatable bonds is 7. The zero-order valence-corrected chi connectivity index (χ0v) is 11.2. The molecule has 1 aliphatic heterocycles. The molecule has 2 unspecified atom stereocenters. The summed E-state index contributed by atoms with van der Waals surface area (Å²) in [5.41, 5.74) is 0. The van der Waals surface area contributed by atoms with Gasteiger partial charge in [-0.25, -0.2) is 0 Å². The van der Waals surface area contributed by atoms with Crippen LogP contribution in [-0.4, -0.2) is 50.3 Å². The average molecular weight is 228 g/mol. The maximum atomic E-state index is 5.34. The molecule has 2 atom stereocenters. The summed E-state index contributed by atoms with van der Waals surface area (Å²) in [6.07, 6.45) is 5.07. The molecular formula is C13H28N2O. The van der Waals surface area contributed by atoms with Gasteiger partial charge in [0.2, 0.25) is 0 Å². The van der Waals surface area contributed by atoms with E-state index in [1.165, 1.54) is 38.8 Å². The first-order valence-corrected chi connectivity index (χ1v) is 6.78. The molecule has 16 heavy (non-hydrogen) atoms. The van der Waals surface area contributed by atoms with Crippen LogP contribution in [-0.2, 0) is 4.74 Å². The van der Waals surface area contributed by atoms with Crippen LogP contribution in [0.2, 0.25) is 0 Å². The minimum atomic E-state index is 0.622. The zero-order valence-electron chi connectivity index (χ0n) is 11.2. The zero-order chi connectivity index (χ0) is 11.8. The van der Waals surface area contributed by atoms with Crippen LogP contribution in [0.25, 0.3) is 0 Å². The van der Waals surface area contributed by atoms with Crippen molar-refractivity contribution >= 4 is 0 Å². The molecule has 0 amide bonds. The Morgan fingerprint density at radius 2 is 2.19 bits per heavy atom. The van der Waals surface area contributed by atoms with Crippen LogP contribution >= 0.6 is 0 Å². The fourth-order valence-corrected chi connectivity index (χ4v) is 2.62. The van der Waals surface area contributed by atoms with Crippen molar-refractivity contribution in [2.45, 2.75) is 51.6 Å². The lowest BCUT2D eigenvalue weighted by Crippen LogP contribution is -2.54. The average Bonchev–Trinajstić information content (AvgIpc) is 2.30. The molecule has 1 fully saturated rings. The number of hydrogen-bond donors (Lipinski definition) is 1. The molecule has 96 valence electrons. The number of hydrogen-bond acceptors (Lipinski definition) is 3. The molecule has 0 aromatic rings. The van der Waals surface area contributed by atoms with Gasteiger partial charge in [0.1, 0.15) is 0 Å². The molecule has 0 bridgehead atoms. The molecule has 1 aliphatic rings. The van der Waals surface area contributed by atoms with Gasteiger partial charge >= 0.3 is 0 Å². The number of nitrogens with one attached hydrogen (secondary N) is 1. The summed E-state index contributed by atoms with van der Waals surface area (Å²) in [6.45, 7) is 8.91. The molecule has 3 nitrogen and oxygen atoms in total. The Kier molecular flexibility index (Phi) is 7.01. The third-order valence-electron chi connectivity index (χ3n) is 3.42. The van der Waals surface area contributed by atoms with Crippen LogP contribution in [0.15, 0.2) is 0 Å². The number of piperazine rings is 1. The summed E-state index contributed by atoms with van der Waals surface area (Å²) in [5.74, 6) is 0. The highest BCUT2D eigenvalue weighted by Gasteiger charge is 2.24. The second-order valence-electron chi connectivity index (χ2n) is 4.83. The lowest BCUT2D eigenvalue weighted by molar-refractivity contribution is 0.0632. The van der Waals surface area contributed by atoms with E-state index in [-0.39, 0.29) is 0 Å². The highest BCUT2D eigenvalue weighted by atomic mass is 16.5. The molecule has 3 heteroatoms. The molecule has 0 aliphatic carbocycles. The lowest BCUT2D eigenvalue weighted by atomic mass is 10.1. The molecule has 1 heterocycles. The van der Waals surface area contributed by atoms with Gasteiger partial charge in [-0.1, -0.05) is 26.7 Å². The Labute approximate surface area is 101 Å². The lowest BCUT2D eigenvalue weighted by Gasteiger charge is -2.38. The first-order chi connectivity index (χ1) is 7.81. The predicted octanol–water partition coefficient (Wildman–Crippen LogP) is 1.88. The largest absolute Gasteiger partial charge is 0.383 e. The van der Waals surface area contributed by atoms with Gasteiger partial charge in [0.25, 0.3) is 0 Å². The van der Waals surface area contributed by atoms with E-state index in [2.05, 4.69) is 24.1 Å². The standard InChI is InChI=1S/C13H28N2O/c1-4-6-12-10-15(9-8-14-12)13(7-5-2)11-16-3/h12-14H,4-11H2,1-3H3. The fraction of sp³-hybridized carbons (Fsp3) is 1.00. The van der Waals surface area contributed by atoms with E-state index in [1.54, 1.807) is 0 Å². The second-order valence-corrected chi connectivity index (χ2v) is 4.83. The van der Waals surface area contributed by atoms with E-state index in [0.29, 0.717) is 12.1 Å². The van der Waals surface area contributed by atoms with Crippen molar-refractivity contribution in [3.05, 3.63) is 0 Å². The Hall–Kier alpha value is -0.120. The van der Waals surface area contributed by atoms with Crippen LogP contribution in [0.5, 0.6) is 0 Å². The number of ether oxygens (including phenoxy) is 1. The van der Waals surface area contributed by atoms with E-state index in [0.717, 1.165) is 13.2 Å². The van der Waals surface area contributed by atoms with Crippen LogP contribution in [0.1, 0.15) is 39.5 Å². The molecule has 0 aromatic heterocycles. The second kappa shape index (κ2) is 8.04. The fourth-order valence-electron chi connectivity index (χ4n) is 2.62. The van der Waals surface area contributed by atoms with Crippen molar-refractivity contribution in [1.82, 2.24) is 10.2 Å². The van der Waals surface area contributed by atoms with Crippen molar-refractivity contribution in [1.29, 1.82) is 0 Å². The Morgan fingerprint density at radius 3 is 2.81 bits per heavy atom. The van der Waals surface area contributed by atoms with Crippen molar-refractivity contribution in [3.8, 4) is 0 Å². The molecule has 0 spiro atoms. The molecule has 0 aromatic carbocycles. The van der Waals surface area contributed by atoms with Gasteiger partial charge < -0.3 is 10.1 Å². The van der Waals surface area contributed by atoms with Gasteiger partial charge in [-0.15, -0.1) is 0 Å². The summed E-state index contributed by atoms with van der Waals surface area (Å²) in [6, 6.07) is 1.31. The van der Waals surface area contributed by atoms with Crippen molar-refractivity contribution in [3.63, 3.8) is 0 Å². The van der Waals surface area contributed by atoms with Crippen LogP contribution < -0.4 is 5.32 Å². The molecule has 0 radical (unpaired) electrons. The quantitative estimate of drug-likeness (QED) is 0.720. The molecule has 1 N–H and O–H groups in total. The summed E-state index contributed by atoms with van der Waals surface area (Å²) >= 11 is 0. The van der Waals surface area contributed by atoms with Gasteiger partial charge in [-0.2, -0.15) is 0 Å². The topological polar surface area (TPSA) is 24.5 Å². The maximum Gasteiger partial charge on any atom is 0.0618 e. The third kappa shape index (κ3) is 4.40. The van der Waals surface area contributed by atoms with E-state index < -0.39 is 0 Å². The van der Waals surface area contributed by atoms with Gasteiger partial charge in [0.05, 0.1) is 6.61 Å². The molecule has 1 rings (SSSR count). The van der Waals surface area contributed by atoms with E-state index in [4.69, 9.17) is 4.74 Å². The highest BCUT2D eigenvalue weighted by Crippen LogP contribution is 2.12. The Balaban J connectivity index is 2.42. The predicted molar refractivity (Wildman–Crippen MR) is 68.8 cm³/mol. The van der Waals surface area contributed by atoms with E-state index >= 15 is 0 Å². The summed E-state index contributed by atoms with van der Waals surface area (Å²) < 4.78 is 5.34. The van der Waals surface area contributed by atoms with Crippen LogP contribution in [0.3, 0.4) is 0 Å². The number of nitrogens with zero attached hydrogens (tertiary/aromatic N) is 1. The van der Waals surface area contributed by atoms with Crippen LogP contribution in [0.4, 0.5) is 0 Å². The smallest absolute Gasteiger partial charge is 0.0618 e. The first-order valence-electron chi connectivity index (χ1n) is 6.78. The van der Waals surface area contributed by atoms with E-state index in [9.17, 15) is 0 Å². The van der Waals surface area contributed by atoms with Crippen LogP contribution in [0, 0.1) is 0 Å². The Bertz CT molecular complexity index is 167. The summed E-state index contributed by atoms with van der Waals surface area (Å²) in [4.78, 5) is 2.61. The molecular weight excluding hydrogens is 200 g/mol. The highest BCUT2D eigenvalue weighted by molar-refractivity contribution is 4.82. The summed E-state index contributed by atoms with van der Waals surface area (Å²) in [5, 5.41) is 3.61. The van der Waals surface area contributed by atoms with Gasteiger partial charge in [0, 0.05) is 38.8 Å².